The SMILES string of the molecule is CC(=O)[O][Sn]([CH3])([CH3])[O]C(C)=O.CCCCCCCCCCCC(=O)[O][Sn]([CH2]CCC)([CH2]CCC)[O]C(=O)CCCCCCCCCCC.CCC[CH2][Sn]1([CH2]CCC)[O]C(=O)c2ccccc2C(=O)[O]1. The number of carbonyl (C=O) groups is 6. The van der Waals surface area contributed by atoms with Gasteiger partial charge in [-0.25, -0.2) is 0 Å². The summed E-state index contributed by atoms with van der Waals surface area (Å²) in [6.07, 6.45) is 31.1. The molecule has 69 heavy (non-hydrogen) atoms. The maximum atomic E-state index is 12.8. The zero-order valence-corrected chi connectivity index (χ0v) is 53.9. The second-order valence-electron chi connectivity index (χ2n) is 19.3. The summed E-state index contributed by atoms with van der Waals surface area (Å²) in [5.74, 6) is -1.73. The first kappa shape index (κ1) is 67.4. The zero-order valence-electron chi connectivity index (χ0n) is 45.3. The van der Waals surface area contributed by atoms with Gasteiger partial charge in [-0.3, -0.25) is 0 Å². The molecule has 1 aliphatic heterocycles. The van der Waals surface area contributed by atoms with Crippen LogP contribution >= 0.6 is 0 Å². The van der Waals surface area contributed by atoms with Crippen LogP contribution in [0.15, 0.2) is 24.3 Å². The second-order valence-corrected chi connectivity index (χ2v) is 46.8. The second kappa shape index (κ2) is 41.9. The number of fused-ring (bicyclic) bond motifs is 1. The molecule has 1 heterocycles. The molecule has 0 saturated carbocycles. The average Bonchev–Trinajstić information content (AvgIpc) is 3.40. The van der Waals surface area contributed by atoms with Gasteiger partial charge in [0.25, 0.3) is 0 Å². The van der Waals surface area contributed by atoms with Crippen LogP contribution in [-0.4, -0.2) is 93.4 Å². The Balaban J connectivity index is 0.00000119. The van der Waals surface area contributed by atoms with Crippen LogP contribution in [0.5, 0.6) is 0 Å². The van der Waals surface area contributed by atoms with Crippen LogP contribution in [-0.2, 0) is 37.6 Å². The van der Waals surface area contributed by atoms with E-state index in [1.807, 2.05) is 0 Å². The molecule has 15 heteroatoms. The van der Waals surface area contributed by atoms with Crippen molar-refractivity contribution in [2.24, 2.45) is 0 Å². The van der Waals surface area contributed by atoms with Crippen molar-refractivity contribution < 1.29 is 47.2 Å². The number of hydrogen-bond donors (Lipinski definition) is 0. The summed E-state index contributed by atoms with van der Waals surface area (Å²) in [6, 6.07) is 6.77. The predicted octanol–water partition coefficient (Wildman–Crippen LogP) is 15.8. The van der Waals surface area contributed by atoms with Gasteiger partial charge in [0.15, 0.2) is 0 Å². The molecule has 0 saturated heterocycles. The van der Waals surface area contributed by atoms with Gasteiger partial charge in [0.2, 0.25) is 0 Å². The fourth-order valence-electron chi connectivity index (χ4n) is 8.16. The molecule has 0 atom stereocenters. The van der Waals surface area contributed by atoms with Crippen molar-refractivity contribution in [3.63, 3.8) is 0 Å². The summed E-state index contributed by atoms with van der Waals surface area (Å²) >= 11 is -10.7. The van der Waals surface area contributed by atoms with Crippen LogP contribution in [0, 0.1) is 0 Å². The van der Waals surface area contributed by atoms with E-state index in [4.69, 9.17) is 18.4 Å². The Morgan fingerprint density at radius 2 is 0.754 bits per heavy atom. The Bertz CT molecular complexity index is 1460. The van der Waals surface area contributed by atoms with Gasteiger partial charge >= 0.3 is 425 Å². The predicted molar refractivity (Wildman–Crippen MR) is 285 cm³/mol. The topological polar surface area (TPSA) is 158 Å². The molecule has 398 valence electrons. The van der Waals surface area contributed by atoms with E-state index in [1.165, 1.54) is 104 Å². The number of hydrogen-bond acceptors (Lipinski definition) is 12. The molecule has 1 aromatic rings. The molecule has 0 N–H and O–H groups in total. The van der Waals surface area contributed by atoms with E-state index in [0.29, 0.717) is 24.0 Å². The van der Waals surface area contributed by atoms with E-state index >= 15 is 0 Å². The average molecular weight is 1300 g/mol. The third kappa shape index (κ3) is 34.5. The molecule has 0 unspecified atom stereocenters. The fourth-order valence-corrected chi connectivity index (χ4v) is 31.9. The van der Waals surface area contributed by atoms with Gasteiger partial charge in [0.1, 0.15) is 0 Å². The molecule has 1 aliphatic rings. The molecule has 1 aromatic carbocycles. The molecule has 0 aliphatic carbocycles. The van der Waals surface area contributed by atoms with Gasteiger partial charge < -0.3 is 0 Å². The number of unbranched alkanes of at least 4 members (excludes halogenated alkanes) is 20. The molecule has 12 nitrogen and oxygen atoms in total. The Labute approximate surface area is 435 Å². The van der Waals surface area contributed by atoms with Gasteiger partial charge in [0.05, 0.1) is 0 Å². The summed E-state index contributed by atoms with van der Waals surface area (Å²) in [4.78, 5) is 74.8. The molecule has 0 fully saturated rings. The van der Waals surface area contributed by atoms with E-state index in [0.717, 1.165) is 94.8 Å². The van der Waals surface area contributed by atoms with E-state index < -0.39 is 57.6 Å². The van der Waals surface area contributed by atoms with Crippen molar-refractivity contribution in [2.45, 2.75) is 263 Å². The normalized spacial score (nSPS) is 13.0. The maximum absolute atomic E-state index is 12.8. The number of carbonyl (C=O) groups excluding carboxylic acids is 6. The third-order valence-electron chi connectivity index (χ3n) is 11.9. The first-order chi connectivity index (χ1) is 33.0. The Morgan fingerprint density at radius 1 is 0.449 bits per heavy atom. The number of benzene rings is 1. The first-order valence-corrected chi connectivity index (χ1v) is 48.1. The summed E-state index contributed by atoms with van der Waals surface area (Å²) in [5, 5.41) is 0. The summed E-state index contributed by atoms with van der Waals surface area (Å²) < 4.78 is 37.0. The van der Waals surface area contributed by atoms with E-state index in [9.17, 15) is 28.8 Å². The van der Waals surface area contributed by atoms with Crippen LogP contribution in [0.1, 0.15) is 256 Å². The molecule has 0 aromatic heterocycles. The Morgan fingerprint density at radius 3 is 1.06 bits per heavy atom. The standard InChI is InChI=1S/2C12H24O2.C8H6O4.4C4H9.2C2H4O2.2CH3.3Sn/c2*1-2-3-4-5-6-7-8-9-10-11-12(13)14;9-7(10)5-3-1-2-4-6(5)8(11)12;4*1-3-4-2;2*1-2(3)4;;;;;/h2*2-11H2,1H3,(H,13,14);1-4H,(H,9,10)(H,11,12);4*1,3-4H2,2H3;2*1H3,(H,3,4);2*1H3;;;/q;;;;;;;;;;;3*+2/p-6. The van der Waals surface area contributed by atoms with Crippen LogP contribution in [0.3, 0.4) is 0 Å². The third-order valence-corrected chi connectivity index (χ3v) is 35.7. The summed E-state index contributed by atoms with van der Waals surface area (Å²) in [6.45, 7) is 15.6. The van der Waals surface area contributed by atoms with Crippen LogP contribution in [0.4, 0.5) is 0 Å². The van der Waals surface area contributed by atoms with Crippen molar-refractivity contribution >= 4 is 93.4 Å². The quantitative estimate of drug-likeness (QED) is 0.0463. The van der Waals surface area contributed by atoms with Gasteiger partial charge in [-0.15, -0.1) is 0 Å². The first-order valence-electron chi connectivity index (χ1n) is 27.4. The molecule has 0 radical (unpaired) electrons. The van der Waals surface area contributed by atoms with E-state index in [-0.39, 0.29) is 35.8 Å². The van der Waals surface area contributed by atoms with E-state index in [2.05, 4.69) is 41.5 Å². The van der Waals surface area contributed by atoms with Crippen molar-refractivity contribution in [1.29, 1.82) is 0 Å². The Hall–Kier alpha value is -1.56. The molecular formula is C54H98O12Sn3. The summed E-state index contributed by atoms with van der Waals surface area (Å²) in [5.41, 5.74) is 0.683. The Kier molecular flexibility index (Phi) is 40.9. The molecule has 0 amide bonds. The molecule has 0 bridgehead atoms. The van der Waals surface area contributed by atoms with Crippen molar-refractivity contribution in [3.8, 4) is 0 Å². The van der Waals surface area contributed by atoms with Crippen molar-refractivity contribution in [2.75, 3.05) is 0 Å². The minimum absolute atomic E-state index is 0.109. The van der Waals surface area contributed by atoms with Crippen molar-refractivity contribution in [1.82, 2.24) is 0 Å². The molecule has 2 rings (SSSR count). The summed E-state index contributed by atoms with van der Waals surface area (Å²) in [7, 11) is 0. The van der Waals surface area contributed by atoms with Crippen LogP contribution in [0.25, 0.3) is 0 Å². The minimum atomic E-state index is -3.76. The van der Waals surface area contributed by atoms with Gasteiger partial charge in [-0.2, -0.15) is 0 Å². The zero-order chi connectivity index (χ0) is 51.8. The van der Waals surface area contributed by atoms with E-state index in [1.54, 1.807) is 34.1 Å². The van der Waals surface area contributed by atoms with Crippen molar-refractivity contribution in [3.05, 3.63) is 35.4 Å². The molecular weight excluding hydrogens is 1200 g/mol. The van der Waals surface area contributed by atoms with Gasteiger partial charge in [-0.05, 0) is 0 Å². The van der Waals surface area contributed by atoms with Crippen LogP contribution in [0.2, 0.25) is 27.6 Å². The molecule has 0 spiro atoms. The fraction of sp³-hybridized carbons (Fsp3) is 0.778. The van der Waals surface area contributed by atoms with Gasteiger partial charge in [-0.1, -0.05) is 13.8 Å². The van der Waals surface area contributed by atoms with Gasteiger partial charge in [0, 0.05) is 0 Å². The van der Waals surface area contributed by atoms with Crippen LogP contribution < -0.4 is 0 Å². The number of rotatable bonds is 36. The monoisotopic (exact) mass is 1300 g/mol.